The predicted molar refractivity (Wildman–Crippen MR) is 106 cm³/mol. The molecule has 0 spiro atoms. The van der Waals surface area contributed by atoms with Crippen molar-refractivity contribution in [1.82, 2.24) is 9.55 Å². The number of ether oxygens (including phenoxy) is 2. The minimum atomic E-state index is -0.00558. The molecule has 0 amide bonds. The minimum absolute atomic E-state index is 0.00558. The number of nitrogens with zero attached hydrogens (tertiary/aromatic N) is 2. The summed E-state index contributed by atoms with van der Waals surface area (Å²) in [6.45, 7) is 3.62. The van der Waals surface area contributed by atoms with E-state index in [1.807, 2.05) is 5.38 Å². The average molecular weight is 372 g/mol. The van der Waals surface area contributed by atoms with Crippen molar-refractivity contribution in [2.75, 3.05) is 27.4 Å². The van der Waals surface area contributed by atoms with E-state index in [9.17, 15) is 4.79 Å². The number of methoxy groups -OCH3 is 2. The molecule has 0 fully saturated rings. The smallest absolute Gasteiger partial charge is 0.262 e. The van der Waals surface area contributed by atoms with Gasteiger partial charge in [0.05, 0.1) is 25.1 Å². The zero-order valence-corrected chi connectivity index (χ0v) is 16.3. The van der Waals surface area contributed by atoms with E-state index in [-0.39, 0.29) is 5.56 Å². The fourth-order valence-electron chi connectivity index (χ4n) is 3.00. The fourth-order valence-corrected chi connectivity index (χ4v) is 3.95. The largest absolute Gasteiger partial charge is 0.384 e. The van der Waals surface area contributed by atoms with Crippen molar-refractivity contribution in [2.24, 2.45) is 0 Å². The highest BCUT2D eigenvalue weighted by Gasteiger charge is 2.17. The molecule has 1 aromatic carbocycles. The maximum atomic E-state index is 13.2. The Labute approximate surface area is 157 Å². The maximum absolute atomic E-state index is 13.2. The highest BCUT2D eigenvalue weighted by atomic mass is 32.1. The lowest BCUT2D eigenvalue weighted by Crippen LogP contribution is -2.27. The molecule has 0 atom stereocenters. The van der Waals surface area contributed by atoms with Crippen LogP contribution >= 0.6 is 11.3 Å². The molecule has 0 saturated carbocycles. The number of benzene rings is 1. The molecule has 0 N–H and O–H groups in total. The molecular weight excluding hydrogens is 348 g/mol. The van der Waals surface area contributed by atoms with E-state index in [4.69, 9.17) is 14.5 Å². The van der Waals surface area contributed by atoms with Crippen LogP contribution in [0.3, 0.4) is 0 Å². The van der Waals surface area contributed by atoms with Crippen LogP contribution in [0.15, 0.2) is 34.4 Å². The molecule has 0 aliphatic carbocycles. The fraction of sp³-hybridized carbons (Fsp3) is 0.400. The van der Waals surface area contributed by atoms with Gasteiger partial charge in [0.2, 0.25) is 0 Å². The van der Waals surface area contributed by atoms with Crippen LogP contribution in [0.4, 0.5) is 0 Å². The molecule has 5 nitrogen and oxygen atoms in total. The van der Waals surface area contributed by atoms with Crippen LogP contribution in [0, 0.1) is 0 Å². The van der Waals surface area contributed by atoms with Crippen LogP contribution in [0.2, 0.25) is 0 Å². The van der Waals surface area contributed by atoms with E-state index in [0.717, 1.165) is 28.2 Å². The van der Waals surface area contributed by atoms with Crippen molar-refractivity contribution in [1.29, 1.82) is 0 Å². The summed E-state index contributed by atoms with van der Waals surface area (Å²) in [7, 11) is 3.29. The average Bonchev–Trinajstić information content (AvgIpc) is 3.10. The van der Waals surface area contributed by atoms with Gasteiger partial charge in [0.1, 0.15) is 10.7 Å². The SMILES string of the molecule is CCc1ccc(-c2csc3nc(CCOC)n(CCOC)c(=O)c23)cc1. The van der Waals surface area contributed by atoms with Crippen LogP contribution < -0.4 is 5.56 Å². The van der Waals surface area contributed by atoms with Gasteiger partial charge < -0.3 is 9.47 Å². The monoisotopic (exact) mass is 372 g/mol. The van der Waals surface area contributed by atoms with Crippen molar-refractivity contribution in [3.63, 3.8) is 0 Å². The molecule has 0 aliphatic heterocycles. The second kappa shape index (κ2) is 8.58. The first-order valence-electron chi connectivity index (χ1n) is 8.77. The maximum Gasteiger partial charge on any atom is 0.262 e. The third kappa shape index (κ3) is 3.72. The van der Waals surface area contributed by atoms with E-state index >= 15 is 0 Å². The first-order chi connectivity index (χ1) is 12.7. The second-order valence-electron chi connectivity index (χ2n) is 6.10. The Kier molecular flexibility index (Phi) is 6.19. The number of rotatable bonds is 8. The molecule has 2 heterocycles. The first-order valence-corrected chi connectivity index (χ1v) is 9.65. The molecule has 26 heavy (non-hydrogen) atoms. The van der Waals surface area contributed by atoms with E-state index < -0.39 is 0 Å². The lowest BCUT2D eigenvalue weighted by Gasteiger charge is -2.12. The van der Waals surface area contributed by atoms with Gasteiger partial charge >= 0.3 is 0 Å². The Morgan fingerprint density at radius 3 is 2.50 bits per heavy atom. The lowest BCUT2D eigenvalue weighted by molar-refractivity contribution is 0.180. The predicted octanol–water partition coefficient (Wildman–Crippen LogP) is 3.52. The molecule has 138 valence electrons. The van der Waals surface area contributed by atoms with Gasteiger partial charge in [-0.2, -0.15) is 0 Å². The Bertz CT molecular complexity index is 929. The van der Waals surface area contributed by atoms with Gasteiger partial charge in [-0.05, 0) is 17.5 Å². The van der Waals surface area contributed by atoms with Gasteiger partial charge in [-0.15, -0.1) is 11.3 Å². The number of thiophene rings is 1. The molecule has 0 aliphatic rings. The van der Waals surface area contributed by atoms with Crippen LogP contribution in [0.1, 0.15) is 18.3 Å². The lowest BCUT2D eigenvalue weighted by atomic mass is 10.0. The summed E-state index contributed by atoms with van der Waals surface area (Å²) in [5.74, 6) is 0.746. The normalized spacial score (nSPS) is 11.3. The number of fused-ring (bicyclic) bond motifs is 1. The third-order valence-corrected chi connectivity index (χ3v) is 5.37. The molecule has 6 heteroatoms. The number of hydrogen-bond acceptors (Lipinski definition) is 5. The summed E-state index contributed by atoms with van der Waals surface area (Å²) in [6, 6.07) is 8.39. The van der Waals surface area contributed by atoms with E-state index in [2.05, 4.69) is 31.2 Å². The number of aromatic nitrogens is 2. The first kappa shape index (κ1) is 18.8. The van der Waals surface area contributed by atoms with Crippen molar-refractivity contribution in [2.45, 2.75) is 26.3 Å². The molecule has 0 bridgehead atoms. The van der Waals surface area contributed by atoms with Crippen LogP contribution in [-0.4, -0.2) is 37.0 Å². The zero-order valence-electron chi connectivity index (χ0n) is 15.4. The number of aryl methyl sites for hydroxylation is 1. The van der Waals surface area contributed by atoms with E-state index in [1.165, 1.54) is 16.9 Å². The molecule has 2 aromatic heterocycles. The quantitative estimate of drug-likeness (QED) is 0.607. The summed E-state index contributed by atoms with van der Waals surface area (Å²) >= 11 is 1.52. The minimum Gasteiger partial charge on any atom is -0.384 e. The van der Waals surface area contributed by atoms with Gasteiger partial charge in [-0.25, -0.2) is 4.98 Å². The van der Waals surface area contributed by atoms with Gasteiger partial charge in [0, 0.05) is 31.6 Å². The molecule has 0 unspecified atom stereocenters. The van der Waals surface area contributed by atoms with Gasteiger partial charge in [-0.1, -0.05) is 31.2 Å². The van der Waals surface area contributed by atoms with E-state index in [1.54, 1.807) is 18.8 Å². The Hall–Kier alpha value is -2.02. The molecular formula is C20H24N2O3S. The van der Waals surface area contributed by atoms with E-state index in [0.29, 0.717) is 31.6 Å². The van der Waals surface area contributed by atoms with Crippen LogP contribution in [-0.2, 0) is 28.9 Å². The van der Waals surface area contributed by atoms with Gasteiger partial charge in [0.15, 0.2) is 0 Å². The Balaban J connectivity index is 2.13. The molecule has 3 rings (SSSR count). The van der Waals surface area contributed by atoms with Crippen molar-refractivity contribution in [3.05, 3.63) is 51.4 Å². The number of hydrogen-bond donors (Lipinski definition) is 0. The van der Waals surface area contributed by atoms with Crippen LogP contribution in [0.5, 0.6) is 0 Å². The molecule has 3 aromatic rings. The summed E-state index contributed by atoms with van der Waals surface area (Å²) in [4.78, 5) is 18.8. The Morgan fingerprint density at radius 2 is 1.85 bits per heavy atom. The topological polar surface area (TPSA) is 53.4 Å². The molecule has 0 radical (unpaired) electrons. The summed E-state index contributed by atoms with van der Waals surface area (Å²) in [6.07, 6.45) is 1.60. The van der Waals surface area contributed by atoms with Crippen molar-refractivity contribution in [3.8, 4) is 11.1 Å². The van der Waals surface area contributed by atoms with Crippen LogP contribution in [0.25, 0.3) is 21.3 Å². The zero-order chi connectivity index (χ0) is 18.5. The highest BCUT2D eigenvalue weighted by Crippen LogP contribution is 2.31. The van der Waals surface area contributed by atoms with Gasteiger partial charge in [-0.3, -0.25) is 9.36 Å². The third-order valence-electron chi connectivity index (χ3n) is 4.49. The standard InChI is InChI=1S/C20H24N2O3S/c1-4-14-5-7-15(8-6-14)16-13-26-19-18(16)20(23)22(10-12-25-3)17(21-19)9-11-24-2/h5-8,13H,4,9-12H2,1-3H3. The Morgan fingerprint density at radius 1 is 1.12 bits per heavy atom. The molecule has 0 saturated heterocycles. The van der Waals surface area contributed by atoms with Crippen molar-refractivity contribution >= 4 is 21.6 Å². The van der Waals surface area contributed by atoms with Crippen molar-refractivity contribution < 1.29 is 9.47 Å². The summed E-state index contributed by atoms with van der Waals surface area (Å²) in [5, 5.41) is 2.72. The summed E-state index contributed by atoms with van der Waals surface area (Å²) < 4.78 is 12.1. The second-order valence-corrected chi connectivity index (χ2v) is 6.96. The summed E-state index contributed by atoms with van der Waals surface area (Å²) in [5.41, 5.74) is 3.28. The highest BCUT2D eigenvalue weighted by molar-refractivity contribution is 7.17. The van der Waals surface area contributed by atoms with Gasteiger partial charge in [0.25, 0.3) is 5.56 Å².